The lowest BCUT2D eigenvalue weighted by atomic mass is 10.1. The van der Waals surface area contributed by atoms with E-state index < -0.39 is 17.9 Å². The molecule has 1 aliphatic heterocycles. The molecule has 7 nitrogen and oxygen atoms in total. The van der Waals surface area contributed by atoms with Gasteiger partial charge in [0.15, 0.2) is 0 Å². The monoisotopic (exact) mass is 263 g/mol. The summed E-state index contributed by atoms with van der Waals surface area (Å²) in [6, 6.07) is 6.40. The predicted octanol–water partition coefficient (Wildman–Crippen LogP) is 0.176. The quantitative estimate of drug-likeness (QED) is 0.808. The first kappa shape index (κ1) is 12.9. The molecule has 7 heteroatoms. The number of nitrogens with two attached hydrogens (primary N) is 1. The van der Waals surface area contributed by atoms with E-state index in [0.717, 1.165) is 0 Å². The van der Waals surface area contributed by atoms with Crippen LogP contribution in [0.5, 0.6) is 0 Å². The van der Waals surface area contributed by atoms with Crippen molar-refractivity contribution in [2.24, 2.45) is 5.73 Å². The van der Waals surface area contributed by atoms with Gasteiger partial charge in [0.05, 0.1) is 17.8 Å². The van der Waals surface area contributed by atoms with Crippen LogP contribution in [0.2, 0.25) is 0 Å². The van der Waals surface area contributed by atoms with Crippen molar-refractivity contribution in [3.05, 3.63) is 29.8 Å². The molecule has 19 heavy (non-hydrogen) atoms. The fourth-order valence-electron chi connectivity index (χ4n) is 1.74. The third-order valence-corrected chi connectivity index (χ3v) is 2.65. The molecule has 0 aliphatic carbocycles. The first-order chi connectivity index (χ1) is 9.08. The Morgan fingerprint density at radius 3 is 2.74 bits per heavy atom. The molecule has 1 aromatic rings. The van der Waals surface area contributed by atoms with Gasteiger partial charge in [0.1, 0.15) is 13.2 Å². The maximum Gasteiger partial charge on any atom is 0.410 e. The molecule has 0 spiro atoms. The number of hydrogen-bond acceptors (Lipinski definition) is 4. The van der Waals surface area contributed by atoms with Gasteiger partial charge in [-0.3, -0.25) is 14.5 Å². The normalized spacial score (nSPS) is 14.1. The highest BCUT2D eigenvalue weighted by Crippen LogP contribution is 2.14. The number of primary amides is 1. The second-order valence-corrected chi connectivity index (χ2v) is 3.99. The fraction of sp³-hybridized carbons (Fsp3) is 0.250. The van der Waals surface area contributed by atoms with Gasteiger partial charge >= 0.3 is 6.09 Å². The maximum absolute atomic E-state index is 11.8. The first-order valence-corrected chi connectivity index (χ1v) is 5.68. The summed E-state index contributed by atoms with van der Waals surface area (Å²) in [6.45, 7) is 0.541. The number of benzene rings is 1. The summed E-state index contributed by atoms with van der Waals surface area (Å²) in [5.41, 5.74) is 5.75. The zero-order chi connectivity index (χ0) is 13.8. The van der Waals surface area contributed by atoms with Crippen molar-refractivity contribution >= 4 is 23.6 Å². The Morgan fingerprint density at radius 1 is 1.37 bits per heavy atom. The second-order valence-electron chi connectivity index (χ2n) is 3.99. The summed E-state index contributed by atoms with van der Waals surface area (Å²) in [5.74, 6) is -1.04. The number of rotatable bonds is 4. The minimum absolute atomic E-state index is 0.119. The molecule has 1 heterocycles. The van der Waals surface area contributed by atoms with E-state index in [2.05, 4.69) is 5.32 Å². The molecule has 0 unspecified atom stereocenters. The SMILES string of the molecule is NC(=O)c1ccccc1NC(=O)CN1CCOC1=O. The molecule has 0 atom stereocenters. The number of hydrogen-bond donors (Lipinski definition) is 2. The van der Waals surface area contributed by atoms with Crippen LogP contribution in [0.4, 0.5) is 10.5 Å². The van der Waals surface area contributed by atoms with Crippen LogP contribution in [-0.4, -0.2) is 42.5 Å². The predicted molar refractivity (Wildman–Crippen MR) is 66.5 cm³/mol. The Kier molecular flexibility index (Phi) is 3.65. The zero-order valence-corrected chi connectivity index (χ0v) is 10.1. The van der Waals surface area contributed by atoms with Crippen LogP contribution in [0.25, 0.3) is 0 Å². The standard InChI is InChI=1S/C12H13N3O4/c13-11(17)8-3-1-2-4-9(8)14-10(16)7-15-5-6-19-12(15)18/h1-4H,5-7H2,(H2,13,17)(H,14,16). The van der Waals surface area contributed by atoms with E-state index in [1.165, 1.54) is 11.0 Å². The van der Waals surface area contributed by atoms with Gasteiger partial charge in [0.25, 0.3) is 5.91 Å². The molecule has 100 valence electrons. The number of para-hydroxylation sites is 1. The molecule has 1 aliphatic rings. The average molecular weight is 263 g/mol. The lowest BCUT2D eigenvalue weighted by Gasteiger charge is -2.13. The number of cyclic esters (lactones) is 1. The molecule has 1 aromatic carbocycles. The van der Waals surface area contributed by atoms with E-state index in [4.69, 9.17) is 10.5 Å². The molecule has 0 radical (unpaired) electrons. The molecule has 3 amide bonds. The van der Waals surface area contributed by atoms with Crippen molar-refractivity contribution in [3.8, 4) is 0 Å². The average Bonchev–Trinajstić information content (AvgIpc) is 2.75. The first-order valence-electron chi connectivity index (χ1n) is 5.68. The van der Waals surface area contributed by atoms with Crippen molar-refractivity contribution in [2.75, 3.05) is 25.0 Å². The summed E-state index contributed by atoms with van der Waals surface area (Å²) < 4.78 is 4.71. The molecule has 0 bridgehead atoms. The molecule has 1 saturated heterocycles. The number of carbonyl (C=O) groups excluding carboxylic acids is 3. The maximum atomic E-state index is 11.8. The number of nitrogens with zero attached hydrogens (tertiary/aromatic N) is 1. The number of ether oxygens (including phenoxy) is 1. The Bertz CT molecular complexity index is 529. The summed E-state index contributed by atoms with van der Waals surface area (Å²) in [7, 11) is 0. The highest BCUT2D eigenvalue weighted by molar-refractivity contribution is 6.03. The second kappa shape index (κ2) is 5.38. The Labute approximate surface area is 109 Å². The van der Waals surface area contributed by atoms with Crippen molar-refractivity contribution in [1.82, 2.24) is 4.90 Å². The molecule has 3 N–H and O–H groups in total. The van der Waals surface area contributed by atoms with Crippen LogP contribution in [-0.2, 0) is 9.53 Å². The summed E-state index contributed by atoms with van der Waals surface area (Å²) >= 11 is 0. The minimum Gasteiger partial charge on any atom is -0.448 e. The third-order valence-electron chi connectivity index (χ3n) is 2.65. The van der Waals surface area contributed by atoms with Crippen molar-refractivity contribution in [1.29, 1.82) is 0 Å². The Balaban J connectivity index is 2.03. The van der Waals surface area contributed by atoms with E-state index in [9.17, 15) is 14.4 Å². The molecule has 0 aromatic heterocycles. The molecular weight excluding hydrogens is 250 g/mol. The fourth-order valence-corrected chi connectivity index (χ4v) is 1.74. The lowest BCUT2D eigenvalue weighted by molar-refractivity contribution is -0.116. The number of carbonyl (C=O) groups is 3. The van der Waals surface area contributed by atoms with Gasteiger partial charge in [-0.2, -0.15) is 0 Å². The van der Waals surface area contributed by atoms with E-state index in [-0.39, 0.29) is 18.7 Å². The van der Waals surface area contributed by atoms with Crippen LogP contribution < -0.4 is 11.1 Å². The molecule has 0 saturated carbocycles. The van der Waals surface area contributed by atoms with E-state index in [1.807, 2.05) is 0 Å². The van der Waals surface area contributed by atoms with Gasteiger partial charge in [-0.05, 0) is 12.1 Å². The lowest BCUT2D eigenvalue weighted by Crippen LogP contribution is -2.34. The Hall–Kier alpha value is -2.57. The van der Waals surface area contributed by atoms with Gasteiger partial charge < -0.3 is 15.8 Å². The summed E-state index contributed by atoms with van der Waals surface area (Å²) in [6.07, 6.45) is -0.515. The van der Waals surface area contributed by atoms with Gasteiger partial charge in [0.2, 0.25) is 5.91 Å². The van der Waals surface area contributed by atoms with Crippen molar-refractivity contribution in [3.63, 3.8) is 0 Å². The highest BCUT2D eigenvalue weighted by Gasteiger charge is 2.24. The largest absolute Gasteiger partial charge is 0.448 e. The van der Waals surface area contributed by atoms with Gasteiger partial charge in [-0.15, -0.1) is 0 Å². The highest BCUT2D eigenvalue weighted by atomic mass is 16.6. The van der Waals surface area contributed by atoms with Crippen LogP contribution in [0.15, 0.2) is 24.3 Å². The van der Waals surface area contributed by atoms with Crippen LogP contribution in [0.3, 0.4) is 0 Å². The number of amides is 3. The van der Waals surface area contributed by atoms with Crippen molar-refractivity contribution < 1.29 is 19.1 Å². The summed E-state index contributed by atoms with van der Waals surface area (Å²) in [5, 5.41) is 2.55. The smallest absolute Gasteiger partial charge is 0.410 e. The molecule has 1 fully saturated rings. The topological polar surface area (TPSA) is 102 Å². The number of nitrogens with one attached hydrogen (secondary N) is 1. The summed E-state index contributed by atoms with van der Waals surface area (Å²) in [4.78, 5) is 35.4. The van der Waals surface area contributed by atoms with Crippen LogP contribution in [0, 0.1) is 0 Å². The van der Waals surface area contributed by atoms with Gasteiger partial charge in [-0.25, -0.2) is 4.79 Å². The van der Waals surface area contributed by atoms with Gasteiger partial charge in [-0.1, -0.05) is 12.1 Å². The molecule has 2 rings (SSSR count). The van der Waals surface area contributed by atoms with E-state index in [0.29, 0.717) is 12.2 Å². The Morgan fingerprint density at radius 2 is 2.11 bits per heavy atom. The van der Waals surface area contributed by atoms with E-state index >= 15 is 0 Å². The number of anilines is 1. The minimum atomic E-state index is -0.628. The van der Waals surface area contributed by atoms with Gasteiger partial charge in [0, 0.05) is 0 Å². The van der Waals surface area contributed by atoms with Crippen molar-refractivity contribution in [2.45, 2.75) is 0 Å². The third kappa shape index (κ3) is 3.01. The molecular formula is C12H13N3O4. The van der Waals surface area contributed by atoms with Crippen LogP contribution >= 0.6 is 0 Å². The van der Waals surface area contributed by atoms with Crippen LogP contribution in [0.1, 0.15) is 10.4 Å². The zero-order valence-electron chi connectivity index (χ0n) is 10.1. The van der Waals surface area contributed by atoms with E-state index in [1.54, 1.807) is 18.2 Å².